The summed E-state index contributed by atoms with van der Waals surface area (Å²) in [5, 5.41) is 16.9. The quantitative estimate of drug-likeness (QED) is 0.677. The zero-order valence-corrected chi connectivity index (χ0v) is 11.7. The largest absolute Gasteiger partial charge is 0.478 e. The Hall–Kier alpha value is -2.28. The molecule has 3 amide bonds. The van der Waals surface area contributed by atoms with Crippen molar-refractivity contribution >= 4 is 35.2 Å². The molecule has 0 saturated carbocycles. The van der Waals surface area contributed by atoms with E-state index >= 15 is 0 Å². The van der Waals surface area contributed by atoms with Gasteiger partial charge in [0.15, 0.2) is 0 Å². The third-order valence-corrected chi connectivity index (χ3v) is 3.38. The Morgan fingerprint density at radius 3 is 2.71 bits per heavy atom. The molecule has 1 aliphatic heterocycles. The summed E-state index contributed by atoms with van der Waals surface area (Å²) in [4.78, 5) is 33.6. The second-order valence-electron chi connectivity index (χ2n) is 4.64. The predicted octanol–water partition coefficient (Wildman–Crippen LogP) is 1.44. The number of carboxylic acid groups (broad SMARTS) is 1. The van der Waals surface area contributed by atoms with Crippen molar-refractivity contribution in [2.24, 2.45) is 0 Å². The summed E-state index contributed by atoms with van der Waals surface area (Å²) in [5.41, 5.74) is 0.361. The van der Waals surface area contributed by atoms with Gasteiger partial charge in [-0.15, -0.1) is 0 Å². The first kappa shape index (κ1) is 15.1. The molecule has 2 rings (SSSR count). The van der Waals surface area contributed by atoms with Crippen LogP contribution in [-0.2, 0) is 4.79 Å². The minimum atomic E-state index is -1.09. The number of rotatable bonds is 3. The van der Waals surface area contributed by atoms with Gasteiger partial charge in [-0.25, -0.2) is 9.59 Å². The van der Waals surface area contributed by atoms with Gasteiger partial charge in [0.1, 0.15) is 0 Å². The third kappa shape index (κ3) is 4.09. The number of hydrogen-bond donors (Lipinski definition) is 4. The highest BCUT2D eigenvalue weighted by molar-refractivity contribution is 6.34. The molecule has 1 fully saturated rings. The van der Waals surface area contributed by atoms with Gasteiger partial charge in [0, 0.05) is 19.0 Å². The number of carbonyl (C=O) groups is 3. The van der Waals surface area contributed by atoms with Gasteiger partial charge in [0.2, 0.25) is 5.91 Å². The van der Waals surface area contributed by atoms with E-state index < -0.39 is 12.0 Å². The van der Waals surface area contributed by atoms with Crippen molar-refractivity contribution in [2.75, 3.05) is 11.9 Å². The summed E-state index contributed by atoms with van der Waals surface area (Å²) in [6, 6.07) is 3.44. The molecule has 1 aromatic rings. The van der Waals surface area contributed by atoms with E-state index in [0.717, 1.165) is 0 Å². The van der Waals surface area contributed by atoms with Crippen molar-refractivity contribution in [3.8, 4) is 0 Å². The van der Waals surface area contributed by atoms with E-state index in [2.05, 4.69) is 16.0 Å². The molecule has 8 heteroatoms. The van der Waals surface area contributed by atoms with Gasteiger partial charge in [0.25, 0.3) is 0 Å². The van der Waals surface area contributed by atoms with Crippen molar-refractivity contribution in [1.82, 2.24) is 10.6 Å². The number of hydrogen-bond acceptors (Lipinski definition) is 3. The van der Waals surface area contributed by atoms with E-state index in [9.17, 15) is 14.4 Å². The molecular formula is C13H14ClN3O4. The highest BCUT2D eigenvalue weighted by atomic mass is 35.5. The number of aromatic carboxylic acids is 1. The number of anilines is 1. The Morgan fingerprint density at radius 1 is 1.38 bits per heavy atom. The van der Waals surface area contributed by atoms with Crippen LogP contribution in [0.4, 0.5) is 10.5 Å². The van der Waals surface area contributed by atoms with E-state index in [1.165, 1.54) is 18.2 Å². The Kier molecular flexibility index (Phi) is 4.64. The van der Waals surface area contributed by atoms with Crippen LogP contribution in [0.5, 0.6) is 0 Å². The number of amides is 3. The smallest absolute Gasteiger partial charge is 0.335 e. The highest BCUT2D eigenvalue weighted by Crippen LogP contribution is 2.23. The van der Waals surface area contributed by atoms with Crippen LogP contribution in [0.15, 0.2) is 18.2 Å². The number of benzene rings is 1. The average Bonchev–Trinajstić information content (AvgIpc) is 2.43. The summed E-state index contributed by atoms with van der Waals surface area (Å²) >= 11 is 5.92. The van der Waals surface area contributed by atoms with Crippen molar-refractivity contribution < 1.29 is 19.5 Å². The van der Waals surface area contributed by atoms with Crippen molar-refractivity contribution in [3.63, 3.8) is 0 Å². The van der Waals surface area contributed by atoms with Crippen LogP contribution in [0.2, 0.25) is 5.02 Å². The monoisotopic (exact) mass is 311 g/mol. The van der Waals surface area contributed by atoms with Crippen molar-refractivity contribution in [1.29, 1.82) is 0 Å². The first-order valence-corrected chi connectivity index (χ1v) is 6.70. The SMILES string of the molecule is O=C1CCC(NC(=O)Nc2ccc(C(=O)O)cc2Cl)CN1. The molecule has 0 bridgehead atoms. The van der Waals surface area contributed by atoms with E-state index in [-0.39, 0.29) is 22.5 Å². The van der Waals surface area contributed by atoms with Crippen molar-refractivity contribution in [3.05, 3.63) is 28.8 Å². The lowest BCUT2D eigenvalue weighted by Crippen LogP contribution is -2.48. The van der Waals surface area contributed by atoms with E-state index in [0.29, 0.717) is 25.1 Å². The maximum atomic E-state index is 11.8. The summed E-state index contributed by atoms with van der Waals surface area (Å²) in [6.07, 6.45) is 0.948. The normalized spacial score (nSPS) is 17.8. The minimum absolute atomic E-state index is 0.0271. The number of carboxylic acids is 1. The second-order valence-corrected chi connectivity index (χ2v) is 5.05. The van der Waals surface area contributed by atoms with Crippen LogP contribution in [0.25, 0.3) is 0 Å². The zero-order valence-electron chi connectivity index (χ0n) is 11.0. The molecule has 112 valence electrons. The summed E-state index contributed by atoms with van der Waals surface area (Å²) in [5.74, 6) is -1.12. The maximum Gasteiger partial charge on any atom is 0.335 e. The minimum Gasteiger partial charge on any atom is -0.478 e. The lowest BCUT2D eigenvalue weighted by atomic mass is 10.1. The maximum absolute atomic E-state index is 11.8. The van der Waals surface area contributed by atoms with Gasteiger partial charge >= 0.3 is 12.0 Å². The highest BCUT2D eigenvalue weighted by Gasteiger charge is 2.19. The fourth-order valence-electron chi connectivity index (χ4n) is 1.95. The lowest BCUT2D eigenvalue weighted by Gasteiger charge is -2.23. The van der Waals surface area contributed by atoms with Gasteiger partial charge in [-0.2, -0.15) is 0 Å². The van der Waals surface area contributed by atoms with E-state index in [1.807, 2.05) is 0 Å². The van der Waals surface area contributed by atoms with Gasteiger partial charge < -0.3 is 21.1 Å². The lowest BCUT2D eigenvalue weighted by molar-refractivity contribution is -0.122. The number of nitrogens with one attached hydrogen (secondary N) is 3. The van der Waals surface area contributed by atoms with Crippen LogP contribution in [0.1, 0.15) is 23.2 Å². The molecule has 0 aliphatic carbocycles. The first-order chi connectivity index (χ1) is 9.95. The Balaban J connectivity index is 1.93. The first-order valence-electron chi connectivity index (χ1n) is 6.33. The second kappa shape index (κ2) is 6.45. The molecule has 1 aliphatic rings. The number of carbonyl (C=O) groups excluding carboxylic acids is 2. The van der Waals surface area contributed by atoms with E-state index in [4.69, 9.17) is 16.7 Å². The Morgan fingerprint density at radius 2 is 2.14 bits per heavy atom. The summed E-state index contributed by atoms with van der Waals surface area (Å²) in [6.45, 7) is 0.387. The number of halogens is 1. The van der Waals surface area contributed by atoms with Gasteiger partial charge in [-0.05, 0) is 24.6 Å². The summed E-state index contributed by atoms with van der Waals surface area (Å²) < 4.78 is 0. The molecule has 1 aromatic carbocycles. The average molecular weight is 312 g/mol. The van der Waals surface area contributed by atoms with Crippen LogP contribution in [-0.4, -0.2) is 35.6 Å². The molecule has 1 heterocycles. The summed E-state index contributed by atoms with van der Waals surface area (Å²) in [7, 11) is 0. The van der Waals surface area contributed by atoms with Crippen LogP contribution in [0, 0.1) is 0 Å². The van der Waals surface area contributed by atoms with Gasteiger partial charge in [0.05, 0.1) is 16.3 Å². The fourth-order valence-corrected chi connectivity index (χ4v) is 2.18. The Bertz CT molecular complexity index is 581. The van der Waals surface area contributed by atoms with Gasteiger partial charge in [-0.1, -0.05) is 11.6 Å². The topological polar surface area (TPSA) is 108 Å². The van der Waals surface area contributed by atoms with E-state index in [1.54, 1.807) is 0 Å². The number of urea groups is 1. The van der Waals surface area contributed by atoms with Gasteiger partial charge in [-0.3, -0.25) is 4.79 Å². The Labute approximate surface area is 125 Å². The molecule has 0 spiro atoms. The molecule has 4 N–H and O–H groups in total. The molecule has 1 unspecified atom stereocenters. The predicted molar refractivity (Wildman–Crippen MR) is 76.6 cm³/mol. The van der Waals surface area contributed by atoms with Crippen molar-refractivity contribution in [2.45, 2.75) is 18.9 Å². The zero-order chi connectivity index (χ0) is 15.4. The molecule has 1 atom stereocenters. The van der Waals surface area contributed by atoms with Crippen LogP contribution < -0.4 is 16.0 Å². The standard InChI is InChI=1S/C13H14ClN3O4/c14-9-5-7(12(19)20)1-3-10(9)17-13(21)16-8-2-4-11(18)15-6-8/h1,3,5,8H,2,4,6H2,(H,15,18)(H,19,20)(H2,16,17,21). The molecule has 1 saturated heterocycles. The molecule has 0 radical (unpaired) electrons. The molecule has 7 nitrogen and oxygen atoms in total. The number of piperidine rings is 1. The molecule has 0 aromatic heterocycles. The fraction of sp³-hybridized carbons (Fsp3) is 0.308. The molecular weight excluding hydrogens is 298 g/mol. The molecule has 21 heavy (non-hydrogen) atoms. The van der Waals surface area contributed by atoms with Crippen LogP contribution >= 0.6 is 11.6 Å². The third-order valence-electron chi connectivity index (χ3n) is 3.06. The van der Waals surface area contributed by atoms with Crippen LogP contribution in [0.3, 0.4) is 0 Å².